The molecule has 18 heavy (non-hydrogen) atoms. The Balaban J connectivity index is 2.29. The van der Waals surface area contributed by atoms with Gasteiger partial charge in [-0.1, -0.05) is 12.1 Å². The van der Waals surface area contributed by atoms with Crippen molar-refractivity contribution in [3.8, 4) is 6.07 Å². The van der Waals surface area contributed by atoms with Crippen molar-refractivity contribution in [2.75, 3.05) is 0 Å². The summed E-state index contributed by atoms with van der Waals surface area (Å²) >= 11 is 0. The van der Waals surface area contributed by atoms with Gasteiger partial charge in [-0.25, -0.2) is 4.79 Å². The Morgan fingerprint density at radius 1 is 1.33 bits per heavy atom. The Morgan fingerprint density at radius 2 is 2.11 bits per heavy atom. The monoisotopic (exact) mass is 241 g/mol. The first-order chi connectivity index (χ1) is 8.61. The molecule has 2 rings (SSSR count). The van der Waals surface area contributed by atoms with E-state index in [0.29, 0.717) is 12.1 Å². The second kappa shape index (κ2) is 4.92. The Hall–Kier alpha value is -2.28. The highest BCUT2D eigenvalue weighted by Crippen LogP contribution is 2.06. The maximum Gasteiger partial charge on any atom is 0.328 e. The van der Waals surface area contributed by atoms with E-state index in [0.717, 1.165) is 5.56 Å². The van der Waals surface area contributed by atoms with Crippen molar-refractivity contribution >= 4 is 0 Å². The van der Waals surface area contributed by atoms with E-state index in [1.807, 2.05) is 26.0 Å². The van der Waals surface area contributed by atoms with Gasteiger partial charge in [-0.15, -0.1) is 0 Å². The molecule has 0 spiro atoms. The molecule has 1 aromatic heterocycles. The van der Waals surface area contributed by atoms with Crippen molar-refractivity contribution in [1.29, 1.82) is 5.26 Å². The second-order valence-electron chi connectivity index (χ2n) is 4.52. The van der Waals surface area contributed by atoms with E-state index in [9.17, 15) is 4.79 Å². The van der Waals surface area contributed by atoms with Gasteiger partial charge < -0.3 is 0 Å². The molecule has 0 aliphatic carbocycles. The molecule has 0 amide bonds. The van der Waals surface area contributed by atoms with E-state index >= 15 is 0 Å². The van der Waals surface area contributed by atoms with Crippen LogP contribution in [0.25, 0.3) is 0 Å². The highest BCUT2D eigenvalue weighted by molar-refractivity contribution is 5.32. The van der Waals surface area contributed by atoms with Crippen LogP contribution in [0.15, 0.2) is 41.5 Å². The van der Waals surface area contributed by atoms with Gasteiger partial charge >= 0.3 is 5.69 Å². The molecule has 0 fully saturated rings. The van der Waals surface area contributed by atoms with E-state index in [1.165, 1.54) is 0 Å². The van der Waals surface area contributed by atoms with Gasteiger partial charge in [0.05, 0.1) is 18.2 Å². The summed E-state index contributed by atoms with van der Waals surface area (Å²) in [6, 6.07) is 9.56. The first-order valence-corrected chi connectivity index (χ1v) is 5.88. The lowest BCUT2D eigenvalue weighted by Crippen LogP contribution is -2.25. The van der Waals surface area contributed by atoms with Gasteiger partial charge in [0.25, 0.3) is 0 Å². The summed E-state index contributed by atoms with van der Waals surface area (Å²) in [7, 11) is 0. The number of imidazole rings is 1. The van der Waals surface area contributed by atoms with Crippen LogP contribution in [0.3, 0.4) is 0 Å². The minimum atomic E-state index is -0.0210. The molecule has 92 valence electrons. The zero-order valence-electron chi connectivity index (χ0n) is 10.5. The van der Waals surface area contributed by atoms with Crippen LogP contribution in [0, 0.1) is 11.3 Å². The SMILES string of the molecule is CC(C)n1ccn(Cc2cccc(C#N)c2)c1=O. The number of nitrogens with zero attached hydrogens (tertiary/aromatic N) is 3. The predicted octanol–water partition coefficient (Wildman–Crippen LogP) is 2.15. The summed E-state index contributed by atoms with van der Waals surface area (Å²) in [5.74, 6) is 0. The lowest BCUT2D eigenvalue weighted by Gasteiger charge is -2.05. The summed E-state index contributed by atoms with van der Waals surface area (Å²) in [6.07, 6.45) is 3.57. The minimum absolute atomic E-state index is 0.0210. The van der Waals surface area contributed by atoms with Crippen molar-refractivity contribution in [3.05, 3.63) is 58.3 Å². The van der Waals surface area contributed by atoms with Crippen LogP contribution in [0.2, 0.25) is 0 Å². The van der Waals surface area contributed by atoms with Gasteiger partial charge in [-0.05, 0) is 31.5 Å². The van der Waals surface area contributed by atoms with Gasteiger partial charge in [0.15, 0.2) is 0 Å². The summed E-state index contributed by atoms with van der Waals surface area (Å²) in [5.41, 5.74) is 1.55. The van der Waals surface area contributed by atoms with E-state index < -0.39 is 0 Å². The molecule has 0 aliphatic rings. The molecular weight excluding hydrogens is 226 g/mol. The first-order valence-electron chi connectivity index (χ1n) is 5.88. The maximum absolute atomic E-state index is 12.0. The Bertz CT molecular complexity index is 644. The number of aromatic nitrogens is 2. The Labute approximate surface area is 106 Å². The molecule has 0 saturated carbocycles. The highest BCUT2D eigenvalue weighted by atomic mass is 16.1. The molecule has 0 saturated heterocycles. The number of hydrogen-bond acceptors (Lipinski definition) is 2. The van der Waals surface area contributed by atoms with Gasteiger partial charge in [0.1, 0.15) is 0 Å². The standard InChI is InChI=1S/C14H15N3O/c1-11(2)17-7-6-16(14(17)18)10-13-5-3-4-12(8-13)9-15/h3-8,11H,10H2,1-2H3. The van der Waals surface area contributed by atoms with Crippen LogP contribution in [0.1, 0.15) is 31.0 Å². The van der Waals surface area contributed by atoms with Crippen molar-refractivity contribution in [3.63, 3.8) is 0 Å². The molecule has 0 radical (unpaired) electrons. The van der Waals surface area contributed by atoms with Crippen molar-refractivity contribution < 1.29 is 0 Å². The van der Waals surface area contributed by atoms with Gasteiger partial charge in [0.2, 0.25) is 0 Å². The summed E-state index contributed by atoms with van der Waals surface area (Å²) < 4.78 is 3.34. The molecule has 4 nitrogen and oxygen atoms in total. The third-order valence-corrected chi connectivity index (χ3v) is 2.84. The average Bonchev–Trinajstić information content (AvgIpc) is 2.71. The third-order valence-electron chi connectivity index (χ3n) is 2.84. The normalized spacial score (nSPS) is 10.6. The van der Waals surface area contributed by atoms with Crippen LogP contribution in [0.5, 0.6) is 0 Å². The fourth-order valence-corrected chi connectivity index (χ4v) is 1.88. The topological polar surface area (TPSA) is 50.7 Å². The molecular formula is C14H15N3O. The smallest absolute Gasteiger partial charge is 0.297 e. The lowest BCUT2D eigenvalue weighted by atomic mass is 10.1. The minimum Gasteiger partial charge on any atom is -0.297 e. The quantitative estimate of drug-likeness (QED) is 0.826. The molecule has 0 bridgehead atoms. The largest absolute Gasteiger partial charge is 0.328 e. The lowest BCUT2D eigenvalue weighted by molar-refractivity contribution is 0.561. The molecule has 2 aromatic rings. The zero-order chi connectivity index (χ0) is 13.1. The van der Waals surface area contributed by atoms with Crippen molar-refractivity contribution in [2.45, 2.75) is 26.4 Å². The molecule has 4 heteroatoms. The number of benzene rings is 1. The molecule has 0 aliphatic heterocycles. The fraction of sp³-hybridized carbons (Fsp3) is 0.286. The average molecular weight is 241 g/mol. The summed E-state index contributed by atoms with van der Waals surface area (Å²) in [4.78, 5) is 12.0. The first kappa shape index (κ1) is 12.2. The van der Waals surface area contributed by atoms with Crippen LogP contribution in [-0.4, -0.2) is 9.13 Å². The van der Waals surface area contributed by atoms with Gasteiger partial charge in [-0.2, -0.15) is 5.26 Å². The van der Waals surface area contributed by atoms with Crippen molar-refractivity contribution in [2.24, 2.45) is 0 Å². The van der Waals surface area contributed by atoms with Gasteiger partial charge in [-0.3, -0.25) is 9.13 Å². The summed E-state index contributed by atoms with van der Waals surface area (Å²) in [5, 5.41) is 8.84. The highest BCUT2D eigenvalue weighted by Gasteiger charge is 2.06. The molecule has 0 unspecified atom stereocenters. The van der Waals surface area contributed by atoms with E-state index in [1.54, 1.807) is 33.7 Å². The van der Waals surface area contributed by atoms with E-state index in [-0.39, 0.29) is 11.7 Å². The van der Waals surface area contributed by atoms with E-state index in [4.69, 9.17) is 5.26 Å². The van der Waals surface area contributed by atoms with Crippen molar-refractivity contribution in [1.82, 2.24) is 9.13 Å². The van der Waals surface area contributed by atoms with Crippen LogP contribution < -0.4 is 5.69 Å². The van der Waals surface area contributed by atoms with Crippen LogP contribution in [-0.2, 0) is 6.54 Å². The van der Waals surface area contributed by atoms with Gasteiger partial charge in [0, 0.05) is 18.4 Å². The van der Waals surface area contributed by atoms with Crippen LogP contribution >= 0.6 is 0 Å². The predicted molar refractivity (Wildman–Crippen MR) is 69.3 cm³/mol. The molecule has 0 atom stereocenters. The van der Waals surface area contributed by atoms with Crippen LogP contribution in [0.4, 0.5) is 0 Å². The molecule has 1 heterocycles. The third kappa shape index (κ3) is 2.35. The maximum atomic E-state index is 12.0. The van der Waals surface area contributed by atoms with E-state index in [2.05, 4.69) is 6.07 Å². The summed E-state index contributed by atoms with van der Waals surface area (Å²) in [6.45, 7) is 4.44. The fourth-order valence-electron chi connectivity index (χ4n) is 1.88. The molecule has 1 aromatic carbocycles. The Morgan fingerprint density at radius 3 is 2.72 bits per heavy atom. The zero-order valence-corrected chi connectivity index (χ0v) is 10.5. The number of nitriles is 1. The number of rotatable bonds is 3. The Kier molecular flexibility index (Phi) is 3.33. The number of hydrogen-bond donors (Lipinski definition) is 0. The molecule has 0 N–H and O–H groups in total. The second-order valence-corrected chi connectivity index (χ2v) is 4.52.